The van der Waals surface area contributed by atoms with Crippen LogP contribution in [-0.4, -0.2) is 27.9 Å². The van der Waals surface area contributed by atoms with Crippen LogP contribution in [0.5, 0.6) is 5.88 Å². The Bertz CT molecular complexity index is 986. The molecule has 1 aliphatic rings. The Hall–Kier alpha value is -2.94. The lowest BCUT2D eigenvalue weighted by Gasteiger charge is -2.22. The molecule has 2 N–H and O–H groups in total. The highest BCUT2D eigenvalue weighted by molar-refractivity contribution is 5.56. The van der Waals surface area contributed by atoms with Gasteiger partial charge in [0.15, 0.2) is 12.4 Å². The van der Waals surface area contributed by atoms with E-state index in [2.05, 4.69) is 25.9 Å². The Balaban J connectivity index is 1.44. The highest BCUT2D eigenvalue weighted by Crippen LogP contribution is 2.31. The number of halogens is 3. The minimum atomic E-state index is -4.40. The van der Waals surface area contributed by atoms with E-state index in [4.69, 9.17) is 10.3 Å². The number of ether oxygens (including phenoxy) is 1. The van der Waals surface area contributed by atoms with Crippen molar-refractivity contribution in [3.05, 3.63) is 59.0 Å². The van der Waals surface area contributed by atoms with Gasteiger partial charge in [-0.25, -0.2) is 4.98 Å². The van der Waals surface area contributed by atoms with Crippen molar-refractivity contribution in [1.29, 1.82) is 0 Å². The lowest BCUT2D eigenvalue weighted by Crippen LogP contribution is -2.19. The SMILES string of the molecule is NC1CCCc2ccc(-c3nc(Cc4ccc(OCC(F)(F)F)nc4)no3)cc21. The van der Waals surface area contributed by atoms with Crippen molar-refractivity contribution in [2.75, 3.05) is 6.61 Å². The molecule has 0 spiro atoms. The van der Waals surface area contributed by atoms with Crippen LogP contribution < -0.4 is 10.5 Å². The van der Waals surface area contributed by atoms with E-state index < -0.39 is 12.8 Å². The number of aryl methyl sites for hydroxylation is 1. The smallest absolute Gasteiger partial charge is 0.422 e. The van der Waals surface area contributed by atoms with Gasteiger partial charge in [-0.3, -0.25) is 0 Å². The summed E-state index contributed by atoms with van der Waals surface area (Å²) in [5, 5.41) is 3.98. The monoisotopic (exact) mass is 404 g/mol. The van der Waals surface area contributed by atoms with E-state index in [1.165, 1.54) is 17.8 Å². The quantitative estimate of drug-likeness (QED) is 0.692. The third-order valence-corrected chi connectivity index (χ3v) is 4.77. The van der Waals surface area contributed by atoms with Gasteiger partial charge in [0.1, 0.15) is 0 Å². The average Bonchev–Trinajstić information content (AvgIpc) is 3.15. The van der Waals surface area contributed by atoms with E-state index in [1.807, 2.05) is 12.1 Å². The number of fused-ring (bicyclic) bond motifs is 1. The Morgan fingerprint density at radius 1 is 1.21 bits per heavy atom. The molecule has 3 aromatic rings. The number of aromatic nitrogens is 3. The molecule has 2 aromatic heterocycles. The predicted molar refractivity (Wildman–Crippen MR) is 98.2 cm³/mol. The third kappa shape index (κ3) is 4.73. The fourth-order valence-corrected chi connectivity index (χ4v) is 3.35. The van der Waals surface area contributed by atoms with Crippen LogP contribution in [0, 0.1) is 0 Å². The number of pyridine rings is 1. The van der Waals surface area contributed by atoms with Gasteiger partial charge in [-0.05, 0) is 48.1 Å². The fourth-order valence-electron chi connectivity index (χ4n) is 3.35. The van der Waals surface area contributed by atoms with Crippen molar-refractivity contribution < 1.29 is 22.4 Å². The Morgan fingerprint density at radius 3 is 2.83 bits per heavy atom. The zero-order valence-electron chi connectivity index (χ0n) is 15.4. The fraction of sp³-hybridized carbons (Fsp3) is 0.350. The number of hydrogen-bond donors (Lipinski definition) is 1. The first-order valence-electron chi connectivity index (χ1n) is 9.23. The number of nitrogens with two attached hydrogens (primary N) is 1. The zero-order chi connectivity index (χ0) is 20.4. The molecule has 0 aliphatic heterocycles. The molecule has 0 fully saturated rings. The summed E-state index contributed by atoms with van der Waals surface area (Å²) < 4.78 is 46.5. The molecule has 4 rings (SSSR count). The van der Waals surface area contributed by atoms with Crippen LogP contribution in [0.15, 0.2) is 41.1 Å². The van der Waals surface area contributed by atoms with Crippen LogP contribution in [-0.2, 0) is 12.8 Å². The summed E-state index contributed by atoms with van der Waals surface area (Å²) in [7, 11) is 0. The highest BCUT2D eigenvalue weighted by atomic mass is 19.4. The molecule has 0 bridgehead atoms. The van der Waals surface area contributed by atoms with E-state index in [1.54, 1.807) is 6.07 Å². The second kappa shape index (κ2) is 7.82. The summed E-state index contributed by atoms with van der Waals surface area (Å²) in [6.45, 7) is -1.38. The van der Waals surface area contributed by atoms with Crippen LogP contribution in [0.3, 0.4) is 0 Å². The Morgan fingerprint density at radius 2 is 2.07 bits per heavy atom. The van der Waals surface area contributed by atoms with Crippen LogP contribution in [0.2, 0.25) is 0 Å². The molecule has 9 heteroatoms. The lowest BCUT2D eigenvalue weighted by molar-refractivity contribution is -0.154. The normalized spacial score (nSPS) is 16.5. The second-order valence-electron chi connectivity index (χ2n) is 7.01. The van der Waals surface area contributed by atoms with E-state index in [-0.39, 0.29) is 11.9 Å². The van der Waals surface area contributed by atoms with Crippen LogP contribution in [0.25, 0.3) is 11.5 Å². The molecule has 6 nitrogen and oxygen atoms in total. The first kappa shape index (κ1) is 19.4. The molecule has 0 radical (unpaired) electrons. The van der Waals surface area contributed by atoms with Crippen LogP contribution in [0.4, 0.5) is 13.2 Å². The van der Waals surface area contributed by atoms with Crippen molar-refractivity contribution in [1.82, 2.24) is 15.1 Å². The van der Waals surface area contributed by atoms with Gasteiger partial charge < -0.3 is 15.0 Å². The van der Waals surface area contributed by atoms with Gasteiger partial charge in [0.2, 0.25) is 5.88 Å². The summed E-state index contributed by atoms with van der Waals surface area (Å²) in [4.78, 5) is 8.29. The van der Waals surface area contributed by atoms with Gasteiger partial charge in [0.05, 0.1) is 0 Å². The number of benzene rings is 1. The summed E-state index contributed by atoms with van der Waals surface area (Å²) in [5.41, 5.74) is 10.1. The van der Waals surface area contributed by atoms with Gasteiger partial charge >= 0.3 is 6.18 Å². The van der Waals surface area contributed by atoms with E-state index in [9.17, 15) is 13.2 Å². The average molecular weight is 404 g/mol. The van der Waals surface area contributed by atoms with Gasteiger partial charge in [0, 0.05) is 30.3 Å². The maximum absolute atomic E-state index is 12.2. The third-order valence-electron chi connectivity index (χ3n) is 4.77. The van der Waals surface area contributed by atoms with Gasteiger partial charge in [-0.15, -0.1) is 0 Å². The first-order chi connectivity index (χ1) is 13.9. The standard InChI is InChI=1S/C20H19F3N4O2/c21-20(22,23)11-28-18-7-4-12(10-25-18)8-17-26-19(29-27-17)14-6-5-13-2-1-3-16(24)15(13)9-14/h4-7,9-10,16H,1-3,8,11,24H2. The molecule has 0 saturated carbocycles. The molecule has 2 heterocycles. The zero-order valence-corrected chi connectivity index (χ0v) is 15.4. The second-order valence-corrected chi connectivity index (χ2v) is 7.01. The molecule has 1 atom stereocenters. The molecule has 29 heavy (non-hydrogen) atoms. The van der Waals surface area contributed by atoms with E-state index in [0.29, 0.717) is 18.1 Å². The van der Waals surface area contributed by atoms with E-state index in [0.717, 1.165) is 36.0 Å². The van der Waals surface area contributed by atoms with Crippen molar-refractivity contribution in [3.8, 4) is 17.3 Å². The molecule has 0 saturated heterocycles. The maximum Gasteiger partial charge on any atom is 0.422 e. The minimum absolute atomic E-state index is 0.0187. The van der Waals surface area contributed by atoms with Crippen molar-refractivity contribution in [2.24, 2.45) is 5.73 Å². The van der Waals surface area contributed by atoms with Gasteiger partial charge in [-0.2, -0.15) is 18.2 Å². The topological polar surface area (TPSA) is 87.1 Å². The number of nitrogens with zero attached hydrogens (tertiary/aromatic N) is 3. The molecule has 152 valence electrons. The molecular weight excluding hydrogens is 385 g/mol. The summed E-state index contributed by atoms with van der Waals surface area (Å²) in [6, 6.07) is 9.02. The molecule has 0 amide bonds. The van der Waals surface area contributed by atoms with Crippen molar-refractivity contribution in [3.63, 3.8) is 0 Å². The largest absolute Gasteiger partial charge is 0.468 e. The highest BCUT2D eigenvalue weighted by Gasteiger charge is 2.28. The maximum atomic E-state index is 12.2. The van der Waals surface area contributed by atoms with Crippen LogP contribution >= 0.6 is 0 Å². The summed E-state index contributed by atoms with van der Waals surface area (Å²) >= 11 is 0. The number of alkyl halides is 3. The number of rotatable bonds is 5. The Labute approximate surface area is 164 Å². The van der Waals surface area contributed by atoms with Gasteiger partial charge in [0.25, 0.3) is 5.89 Å². The first-order valence-corrected chi connectivity index (χ1v) is 9.23. The van der Waals surface area contributed by atoms with Crippen molar-refractivity contribution >= 4 is 0 Å². The molecule has 1 aliphatic carbocycles. The van der Waals surface area contributed by atoms with E-state index >= 15 is 0 Å². The number of hydrogen-bond acceptors (Lipinski definition) is 6. The molecule has 1 aromatic carbocycles. The Kier molecular flexibility index (Phi) is 5.23. The minimum Gasteiger partial charge on any atom is -0.468 e. The summed E-state index contributed by atoms with van der Waals surface area (Å²) in [5.74, 6) is 0.761. The molecule has 1 unspecified atom stereocenters. The predicted octanol–water partition coefficient (Wildman–Crippen LogP) is 4.00. The lowest BCUT2D eigenvalue weighted by atomic mass is 9.87. The van der Waals surface area contributed by atoms with Crippen molar-refractivity contribution in [2.45, 2.75) is 37.9 Å². The summed E-state index contributed by atoms with van der Waals surface area (Å²) in [6.07, 6.45) is 0.434. The molecular formula is C20H19F3N4O2. The van der Waals surface area contributed by atoms with Gasteiger partial charge in [-0.1, -0.05) is 17.3 Å². The van der Waals surface area contributed by atoms with Crippen LogP contribution in [0.1, 0.15) is 41.4 Å².